The number of benzene rings is 1. The molecule has 0 radical (unpaired) electrons. The number of esters is 1. The van der Waals surface area contributed by atoms with E-state index in [9.17, 15) is 9.59 Å². The lowest BCUT2D eigenvalue weighted by Crippen LogP contribution is -2.51. The van der Waals surface area contributed by atoms with Gasteiger partial charge in [0.25, 0.3) is 6.01 Å². The highest BCUT2D eigenvalue weighted by molar-refractivity contribution is 7.16. The van der Waals surface area contributed by atoms with Gasteiger partial charge in [0.15, 0.2) is 10.9 Å². The molecule has 2 bridgehead atoms. The average Bonchev–Trinajstić information content (AvgIpc) is 3.46. The first-order chi connectivity index (χ1) is 16.1. The molecule has 6 rings (SSSR count). The summed E-state index contributed by atoms with van der Waals surface area (Å²) in [5.41, 5.74) is 3.33. The van der Waals surface area contributed by atoms with Crippen molar-refractivity contribution in [2.75, 3.05) is 37.1 Å². The van der Waals surface area contributed by atoms with Crippen molar-refractivity contribution in [1.29, 1.82) is 0 Å². The Balaban J connectivity index is 1.34. The smallest absolute Gasteiger partial charge is 0.338 e. The van der Waals surface area contributed by atoms with Crippen molar-refractivity contribution >= 4 is 34.5 Å². The Morgan fingerprint density at radius 3 is 3.03 bits per heavy atom. The van der Waals surface area contributed by atoms with Crippen LogP contribution in [0.15, 0.2) is 28.8 Å². The number of nitrogens with zero attached hydrogens (tertiary/aromatic N) is 3. The third-order valence-electron chi connectivity index (χ3n) is 6.18. The van der Waals surface area contributed by atoms with Crippen LogP contribution in [-0.4, -0.2) is 54.9 Å². The minimum absolute atomic E-state index is 0.0253. The zero-order valence-corrected chi connectivity index (χ0v) is 18.6. The van der Waals surface area contributed by atoms with Crippen LogP contribution in [0.2, 0.25) is 0 Å². The first kappa shape index (κ1) is 20.2. The number of oxazole rings is 1. The second-order valence-corrected chi connectivity index (χ2v) is 9.11. The second kappa shape index (κ2) is 7.85. The van der Waals surface area contributed by atoms with Crippen LogP contribution in [0.4, 0.5) is 15.9 Å². The number of ether oxygens (including phenoxy) is 2. The molecule has 2 amide bonds. The standard InChI is InChI=1S/C22H21N5O5S/c1-23-20(29)26-21-25-15-7-11-9-30-10-16(18(15)33-21)27(11)22-24-8-17(32-22)13-3-2-4-14-12(13)5-6-31-19(14)28/h2-4,8,11,16H,5-7,9-10H2,1H3,(H2,23,25,26,29)/t11-,16-/m0/s1. The molecule has 0 spiro atoms. The molecule has 3 aromatic rings. The third kappa shape index (κ3) is 3.35. The van der Waals surface area contributed by atoms with Crippen LogP contribution in [0.25, 0.3) is 11.3 Å². The minimum atomic E-state index is -0.306. The number of carbonyl (C=O) groups is 2. The number of morpholine rings is 1. The molecule has 2 aromatic heterocycles. The summed E-state index contributed by atoms with van der Waals surface area (Å²) in [6.45, 7) is 1.38. The summed E-state index contributed by atoms with van der Waals surface area (Å²) in [6, 6.07) is 5.69. The zero-order chi connectivity index (χ0) is 22.5. The van der Waals surface area contributed by atoms with Crippen molar-refractivity contribution in [3.63, 3.8) is 0 Å². The predicted octanol–water partition coefficient (Wildman–Crippen LogP) is 2.76. The average molecular weight is 468 g/mol. The number of hydrogen-bond donors (Lipinski definition) is 2. The number of urea groups is 1. The van der Waals surface area contributed by atoms with Gasteiger partial charge in [0, 0.05) is 25.5 Å². The van der Waals surface area contributed by atoms with E-state index in [2.05, 4.69) is 25.5 Å². The first-order valence-electron chi connectivity index (χ1n) is 10.7. The summed E-state index contributed by atoms with van der Waals surface area (Å²) in [5.74, 6) is 0.312. The Labute approximate surface area is 192 Å². The van der Waals surface area contributed by atoms with E-state index in [4.69, 9.17) is 13.9 Å². The molecule has 1 aromatic carbocycles. The molecule has 0 saturated carbocycles. The number of aromatic nitrogens is 2. The third-order valence-corrected chi connectivity index (χ3v) is 7.30. The van der Waals surface area contributed by atoms with E-state index in [1.807, 2.05) is 12.1 Å². The molecule has 5 heterocycles. The number of amides is 2. The van der Waals surface area contributed by atoms with Gasteiger partial charge in [-0.3, -0.25) is 5.32 Å². The van der Waals surface area contributed by atoms with Crippen LogP contribution in [0, 0.1) is 0 Å². The topological polar surface area (TPSA) is 119 Å². The van der Waals surface area contributed by atoms with E-state index in [0.717, 1.165) is 21.7 Å². The molecule has 3 aliphatic rings. The highest BCUT2D eigenvalue weighted by Gasteiger charge is 2.43. The van der Waals surface area contributed by atoms with Gasteiger partial charge in [0.2, 0.25) is 0 Å². The van der Waals surface area contributed by atoms with Crippen LogP contribution in [0.3, 0.4) is 0 Å². The Kier molecular flexibility index (Phi) is 4.80. The number of rotatable bonds is 3. The van der Waals surface area contributed by atoms with E-state index < -0.39 is 0 Å². The molecule has 10 nitrogen and oxygen atoms in total. The van der Waals surface area contributed by atoms with Crippen molar-refractivity contribution in [3.05, 3.63) is 46.1 Å². The quantitative estimate of drug-likeness (QED) is 0.565. The fraction of sp³-hybridized carbons (Fsp3) is 0.364. The summed E-state index contributed by atoms with van der Waals surface area (Å²) >= 11 is 1.44. The van der Waals surface area contributed by atoms with Crippen molar-refractivity contribution in [1.82, 2.24) is 15.3 Å². The Morgan fingerprint density at radius 1 is 1.27 bits per heavy atom. The maximum Gasteiger partial charge on any atom is 0.338 e. The monoisotopic (exact) mass is 467 g/mol. The molecule has 1 saturated heterocycles. The first-order valence-corrected chi connectivity index (χ1v) is 11.5. The molecule has 11 heteroatoms. The van der Waals surface area contributed by atoms with Gasteiger partial charge in [-0.1, -0.05) is 23.5 Å². The lowest BCUT2D eigenvalue weighted by Gasteiger charge is -2.43. The highest BCUT2D eigenvalue weighted by Crippen LogP contribution is 2.44. The molecule has 2 atom stereocenters. The van der Waals surface area contributed by atoms with Gasteiger partial charge >= 0.3 is 12.0 Å². The minimum Gasteiger partial charge on any atom is -0.462 e. The predicted molar refractivity (Wildman–Crippen MR) is 120 cm³/mol. The lowest BCUT2D eigenvalue weighted by atomic mass is 9.96. The summed E-state index contributed by atoms with van der Waals surface area (Å²) < 4.78 is 17.3. The van der Waals surface area contributed by atoms with Gasteiger partial charge in [-0.2, -0.15) is 0 Å². The number of nitrogens with one attached hydrogen (secondary N) is 2. The SMILES string of the molecule is CNC(=O)Nc1nc2c(s1)[C@@H]1COC[C@H](C2)N1c1ncc(-c2cccc3c2CCOC3=O)o1. The summed E-state index contributed by atoms with van der Waals surface area (Å²) in [4.78, 5) is 36.3. The molecule has 33 heavy (non-hydrogen) atoms. The maximum absolute atomic E-state index is 12.1. The lowest BCUT2D eigenvalue weighted by molar-refractivity contribution is 0.0480. The molecular formula is C22H21N5O5S. The van der Waals surface area contributed by atoms with Crippen LogP contribution in [-0.2, 0) is 22.3 Å². The van der Waals surface area contributed by atoms with Gasteiger partial charge in [0.05, 0.1) is 54.2 Å². The van der Waals surface area contributed by atoms with E-state index in [-0.39, 0.29) is 24.1 Å². The maximum atomic E-state index is 12.1. The molecule has 0 unspecified atom stereocenters. The van der Waals surface area contributed by atoms with Crippen molar-refractivity contribution in [2.45, 2.75) is 24.9 Å². The molecule has 0 aliphatic carbocycles. The number of fused-ring (bicyclic) bond motifs is 5. The van der Waals surface area contributed by atoms with Crippen molar-refractivity contribution in [2.24, 2.45) is 0 Å². The fourth-order valence-corrected chi connectivity index (χ4v) is 5.77. The molecule has 1 fully saturated rings. The van der Waals surface area contributed by atoms with Crippen molar-refractivity contribution in [3.8, 4) is 11.3 Å². The van der Waals surface area contributed by atoms with E-state index in [1.54, 1.807) is 19.3 Å². The van der Waals surface area contributed by atoms with Crippen molar-refractivity contribution < 1.29 is 23.5 Å². The van der Waals surface area contributed by atoms with Crippen LogP contribution in [0.5, 0.6) is 0 Å². The van der Waals surface area contributed by atoms with Gasteiger partial charge in [-0.15, -0.1) is 0 Å². The number of cyclic esters (lactones) is 1. The fourth-order valence-electron chi connectivity index (χ4n) is 4.70. The van der Waals surface area contributed by atoms with Gasteiger partial charge in [-0.05, 0) is 11.6 Å². The number of carbonyl (C=O) groups excluding carboxylic acids is 2. The normalized spacial score (nSPS) is 21.1. The van der Waals surface area contributed by atoms with Gasteiger partial charge in [0.1, 0.15) is 0 Å². The highest BCUT2D eigenvalue weighted by atomic mass is 32.1. The number of hydrogen-bond acceptors (Lipinski definition) is 9. The van der Waals surface area contributed by atoms with Crippen LogP contribution >= 0.6 is 11.3 Å². The van der Waals surface area contributed by atoms with E-state index >= 15 is 0 Å². The molecular weight excluding hydrogens is 446 g/mol. The summed E-state index contributed by atoms with van der Waals surface area (Å²) in [6.07, 6.45) is 3.02. The summed E-state index contributed by atoms with van der Waals surface area (Å²) in [5, 5.41) is 5.87. The molecule has 170 valence electrons. The summed E-state index contributed by atoms with van der Waals surface area (Å²) in [7, 11) is 1.57. The Morgan fingerprint density at radius 2 is 2.15 bits per heavy atom. The largest absolute Gasteiger partial charge is 0.462 e. The molecule has 3 aliphatic heterocycles. The Bertz CT molecular complexity index is 1250. The van der Waals surface area contributed by atoms with Gasteiger partial charge in [-0.25, -0.2) is 19.6 Å². The number of thiazole rings is 1. The zero-order valence-electron chi connectivity index (χ0n) is 17.8. The molecule has 2 N–H and O–H groups in total. The van der Waals surface area contributed by atoms with Crippen LogP contribution in [0.1, 0.15) is 32.5 Å². The van der Waals surface area contributed by atoms with Gasteiger partial charge < -0.3 is 24.1 Å². The Hall–Kier alpha value is -3.44. The number of anilines is 2. The van der Waals surface area contributed by atoms with E-state index in [1.165, 1.54) is 11.3 Å². The second-order valence-electron chi connectivity index (χ2n) is 8.08. The van der Waals surface area contributed by atoms with Crippen LogP contribution < -0.4 is 15.5 Å². The van der Waals surface area contributed by atoms with E-state index in [0.29, 0.717) is 55.1 Å².